The Balaban J connectivity index is 1.39. The largest absolute Gasteiger partial charge is 0.374 e. The Labute approximate surface area is 218 Å². The average molecular weight is 495 g/mol. The number of aliphatic hydroxyl groups is 1. The van der Waals surface area contributed by atoms with Crippen molar-refractivity contribution in [1.29, 1.82) is 0 Å². The molecule has 2 N–H and O–H groups in total. The van der Waals surface area contributed by atoms with Gasteiger partial charge in [0.2, 0.25) is 5.95 Å². The summed E-state index contributed by atoms with van der Waals surface area (Å²) in [6, 6.07) is 19.1. The van der Waals surface area contributed by atoms with Gasteiger partial charge in [-0.25, -0.2) is 9.97 Å². The van der Waals surface area contributed by atoms with E-state index < -0.39 is 6.23 Å². The predicted molar refractivity (Wildman–Crippen MR) is 146 cm³/mol. The van der Waals surface area contributed by atoms with Crippen molar-refractivity contribution < 1.29 is 5.11 Å². The number of benzene rings is 2. The monoisotopic (exact) mass is 494 g/mol. The molecule has 7 nitrogen and oxygen atoms in total. The van der Waals surface area contributed by atoms with Crippen LogP contribution in [0.3, 0.4) is 0 Å². The highest BCUT2D eigenvalue weighted by Gasteiger charge is 2.47. The molecular weight excluding hydrogens is 460 g/mol. The lowest BCUT2D eigenvalue weighted by Gasteiger charge is -2.48. The summed E-state index contributed by atoms with van der Waals surface area (Å²) in [6.45, 7) is 6.89. The fourth-order valence-electron chi connectivity index (χ4n) is 5.89. The van der Waals surface area contributed by atoms with E-state index >= 15 is 0 Å². The van der Waals surface area contributed by atoms with Crippen LogP contribution in [-0.2, 0) is 6.54 Å². The van der Waals surface area contributed by atoms with Crippen molar-refractivity contribution in [2.45, 2.75) is 58.5 Å². The van der Waals surface area contributed by atoms with Crippen molar-refractivity contribution in [1.82, 2.24) is 19.7 Å². The highest BCUT2D eigenvalue weighted by Crippen LogP contribution is 2.51. The second kappa shape index (κ2) is 9.63. The van der Waals surface area contributed by atoms with Crippen LogP contribution in [0, 0.1) is 18.8 Å². The van der Waals surface area contributed by atoms with E-state index in [0.29, 0.717) is 11.9 Å². The molecule has 7 heteroatoms. The molecule has 1 aliphatic heterocycles. The van der Waals surface area contributed by atoms with E-state index in [2.05, 4.69) is 80.9 Å². The van der Waals surface area contributed by atoms with Gasteiger partial charge in [0, 0.05) is 41.3 Å². The topological polar surface area (TPSA) is 79.1 Å². The van der Waals surface area contributed by atoms with Gasteiger partial charge in [-0.2, -0.15) is 5.10 Å². The Hall–Kier alpha value is -3.71. The molecule has 37 heavy (non-hydrogen) atoms. The molecule has 1 fully saturated rings. The van der Waals surface area contributed by atoms with Gasteiger partial charge in [0.1, 0.15) is 6.23 Å². The second-order valence-corrected chi connectivity index (χ2v) is 10.6. The molecule has 6 rings (SSSR count). The van der Waals surface area contributed by atoms with Crippen molar-refractivity contribution in [2.75, 3.05) is 10.2 Å². The highest BCUT2D eigenvalue weighted by molar-refractivity contribution is 5.71. The standard InChI is InChI=1S/C30H34N6O/c1-19-13-14-31-30(33-19)34-28-20(2)29(23-9-10-23)36(21(3)37)27-12-11-24(15-26(27)28)25-16-32-35(18-25)17-22-7-5-4-6-8-22/h4-8,11-16,18,20-21,23,28-29,37H,9-10,17H2,1-3H3,(H,31,33,34)/t20-,21?,28-,29-/m1/s1. The Bertz CT molecular complexity index is 1380. The first-order chi connectivity index (χ1) is 18.0. The summed E-state index contributed by atoms with van der Waals surface area (Å²) in [7, 11) is 0. The normalized spacial score (nSPS) is 21.9. The number of fused-ring (bicyclic) bond motifs is 1. The fraction of sp³-hybridized carbons (Fsp3) is 0.367. The van der Waals surface area contributed by atoms with Crippen LogP contribution in [0.5, 0.6) is 0 Å². The minimum absolute atomic E-state index is 0.0247. The van der Waals surface area contributed by atoms with Crippen LogP contribution in [0.1, 0.15) is 49.6 Å². The summed E-state index contributed by atoms with van der Waals surface area (Å²) in [5.74, 6) is 1.50. The third kappa shape index (κ3) is 4.71. The van der Waals surface area contributed by atoms with Crippen LogP contribution < -0.4 is 10.2 Å². The van der Waals surface area contributed by atoms with Crippen LogP contribution >= 0.6 is 0 Å². The predicted octanol–water partition coefficient (Wildman–Crippen LogP) is 5.42. The zero-order valence-electron chi connectivity index (χ0n) is 21.6. The smallest absolute Gasteiger partial charge is 0.223 e. The first-order valence-electron chi connectivity index (χ1n) is 13.2. The third-order valence-electron chi connectivity index (χ3n) is 7.77. The van der Waals surface area contributed by atoms with Gasteiger partial charge in [-0.1, -0.05) is 43.3 Å². The van der Waals surface area contributed by atoms with E-state index in [-0.39, 0.29) is 18.0 Å². The summed E-state index contributed by atoms with van der Waals surface area (Å²) >= 11 is 0. The van der Waals surface area contributed by atoms with Gasteiger partial charge in [-0.15, -0.1) is 0 Å². The SMILES string of the molecule is Cc1ccnc(N[C@H]2c3cc(-c4cnn(Cc5ccccc5)c4)ccc3N(C(C)O)[C@@H](C3CC3)[C@@H]2C)n1. The molecule has 1 unspecified atom stereocenters. The number of aromatic nitrogens is 4. The lowest BCUT2D eigenvalue weighted by Crippen LogP contribution is -2.52. The second-order valence-electron chi connectivity index (χ2n) is 10.6. The first kappa shape index (κ1) is 23.7. The minimum Gasteiger partial charge on any atom is -0.374 e. The summed E-state index contributed by atoms with van der Waals surface area (Å²) < 4.78 is 1.98. The van der Waals surface area contributed by atoms with E-state index in [0.717, 1.165) is 34.6 Å². The van der Waals surface area contributed by atoms with Gasteiger partial charge >= 0.3 is 0 Å². The maximum absolute atomic E-state index is 10.9. The highest BCUT2D eigenvalue weighted by atomic mass is 16.3. The number of rotatable bonds is 7. The number of hydrogen-bond donors (Lipinski definition) is 2. The molecule has 1 aliphatic carbocycles. The van der Waals surface area contributed by atoms with Crippen LogP contribution in [0.2, 0.25) is 0 Å². The number of aryl methyl sites for hydroxylation is 1. The lowest BCUT2D eigenvalue weighted by molar-refractivity contribution is 0.151. The molecular formula is C30H34N6O. The van der Waals surface area contributed by atoms with Crippen LogP contribution in [0.4, 0.5) is 11.6 Å². The molecule has 0 radical (unpaired) electrons. The number of nitrogens with one attached hydrogen (secondary N) is 1. The lowest BCUT2D eigenvalue weighted by atomic mass is 9.79. The number of hydrogen-bond acceptors (Lipinski definition) is 6. The summed E-state index contributed by atoms with van der Waals surface area (Å²) in [5.41, 5.74) is 6.57. The van der Waals surface area contributed by atoms with Crippen LogP contribution in [0.15, 0.2) is 73.2 Å². The zero-order valence-corrected chi connectivity index (χ0v) is 21.6. The Kier molecular flexibility index (Phi) is 6.16. The first-order valence-corrected chi connectivity index (χ1v) is 13.2. The van der Waals surface area contributed by atoms with Crippen molar-refractivity contribution in [3.05, 3.63) is 90.0 Å². The van der Waals surface area contributed by atoms with E-state index in [4.69, 9.17) is 0 Å². The molecule has 0 amide bonds. The van der Waals surface area contributed by atoms with Gasteiger partial charge in [0.05, 0.1) is 18.8 Å². The number of aliphatic hydroxyl groups excluding tert-OH is 1. The molecule has 2 aromatic heterocycles. The third-order valence-corrected chi connectivity index (χ3v) is 7.77. The molecule has 3 heterocycles. The molecule has 4 aromatic rings. The average Bonchev–Trinajstić information content (AvgIpc) is 3.63. The van der Waals surface area contributed by atoms with E-state index in [1.807, 2.05) is 36.9 Å². The molecule has 190 valence electrons. The summed E-state index contributed by atoms with van der Waals surface area (Å²) in [6.07, 6.45) is 7.69. The van der Waals surface area contributed by atoms with Gasteiger partial charge in [-0.3, -0.25) is 4.68 Å². The summed E-state index contributed by atoms with van der Waals surface area (Å²) in [5, 5.41) is 19.2. The minimum atomic E-state index is -0.567. The van der Waals surface area contributed by atoms with Crippen LogP contribution in [-0.4, -0.2) is 37.1 Å². The fourth-order valence-corrected chi connectivity index (χ4v) is 5.89. The van der Waals surface area contributed by atoms with Crippen molar-refractivity contribution >= 4 is 11.6 Å². The maximum Gasteiger partial charge on any atom is 0.223 e. The maximum atomic E-state index is 10.9. The van der Waals surface area contributed by atoms with Gasteiger partial charge in [0.25, 0.3) is 0 Å². The zero-order chi connectivity index (χ0) is 25.5. The van der Waals surface area contributed by atoms with E-state index in [1.165, 1.54) is 18.4 Å². The molecule has 1 saturated carbocycles. The number of anilines is 2. The van der Waals surface area contributed by atoms with Crippen LogP contribution in [0.25, 0.3) is 11.1 Å². The van der Waals surface area contributed by atoms with E-state index in [9.17, 15) is 5.11 Å². The van der Waals surface area contributed by atoms with Crippen molar-refractivity contribution in [3.63, 3.8) is 0 Å². The van der Waals surface area contributed by atoms with Crippen molar-refractivity contribution in [3.8, 4) is 11.1 Å². The van der Waals surface area contributed by atoms with Crippen molar-refractivity contribution in [2.24, 2.45) is 11.8 Å². The quantitative estimate of drug-likeness (QED) is 0.357. The van der Waals surface area contributed by atoms with E-state index in [1.54, 1.807) is 6.20 Å². The molecule has 4 atom stereocenters. The summed E-state index contributed by atoms with van der Waals surface area (Å²) in [4.78, 5) is 11.4. The molecule has 0 spiro atoms. The van der Waals surface area contributed by atoms with Gasteiger partial charge in [-0.05, 0) is 67.5 Å². The Morgan fingerprint density at radius 2 is 1.89 bits per heavy atom. The molecule has 2 aliphatic rings. The Morgan fingerprint density at radius 3 is 2.62 bits per heavy atom. The Morgan fingerprint density at radius 1 is 1.08 bits per heavy atom. The molecule has 0 saturated heterocycles. The van der Waals surface area contributed by atoms with Gasteiger partial charge < -0.3 is 15.3 Å². The molecule has 0 bridgehead atoms. The molecule has 2 aromatic carbocycles. The number of nitrogens with zero attached hydrogens (tertiary/aromatic N) is 5. The van der Waals surface area contributed by atoms with Gasteiger partial charge in [0.15, 0.2) is 0 Å².